The van der Waals surface area contributed by atoms with E-state index in [0.29, 0.717) is 29.6 Å². The first kappa shape index (κ1) is 17.4. The predicted octanol–water partition coefficient (Wildman–Crippen LogP) is 4.53. The molecule has 0 spiro atoms. The summed E-state index contributed by atoms with van der Waals surface area (Å²) in [5, 5.41) is 3.23. The summed E-state index contributed by atoms with van der Waals surface area (Å²) in [5.74, 6) is 1.94. The molecule has 0 unspecified atom stereocenters. The van der Waals surface area contributed by atoms with Gasteiger partial charge in [0, 0.05) is 18.0 Å². The number of aromatic nitrogens is 2. The number of aliphatic imine (C=N–C) groups is 1. The third-order valence-electron chi connectivity index (χ3n) is 3.62. The van der Waals surface area contributed by atoms with E-state index in [4.69, 9.17) is 9.47 Å². The summed E-state index contributed by atoms with van der Waals surface area (Å²) in [6, 6.07) is 15.6. The van der Waals surface area contributed by atoms with Crippen molar-refractivity contribution in [2.24, 2.45) is 4.99 Å². The minimum Gasteiger partial charge on any atom is -0.493 e. The zero-order valence-corrected chi connectivity index (χ0v) is 14.7. The molecule has 0 aliphatic heterocycles. The van der Waals surface area contributed by atoms with Gasteiger partial charge in [-0.05, 0) is 24.6 Å². The van der Waals surface area contributed by atoms with Crippen LogP contribution in [-0.4, -0.2) is 23.3 Å². The molecule has 0 aliphatic carbocycles. The van der Waals surface area contributed by atoms with Gasteiger partial charge in [0.15, 0.2) is 17.3 Å². The molecule has 0 bridgehead atoms. The zero-order valence-electron chi connectivity index (χ0n) is 14.7. The number of hydrogen-bond donors (Lipinski definition) is 1. The Kier molecular flexibility index (Phi) is 5.77. The molecule has 26 heavy (non-hydrogen) atoms. The molecular formula is C20H20N4O2. The van der Waals surface area contributed by atoms with Crippen molar-refractivity contribution in [3.05, 3.63) is 66.6 Å². The van der Waals surface area contributed by atoms with Crippen LogP contribution in [0.15, 0.2) is 66.0 Å². The molecule has 0 saturated heterocycles. The standard InChI is InChI=1S/C20H20N4O2/c1-3-22-17-12-21-14-23-20(17)24-16-9-10-18(19(11-16)25-2)26-13-15-7-5-4-6-8-15/h3-12,14H,13H2,1-2H3,(H,21,23,24). The van der Waals surface area contributed by atoms with Gasteiger partial charge in [0.2, 0.25) is 0 Å². The summed E-state index contributed by atoms with van der Waals surface area (Å²) in [7, 11) is 1.62. The lowest BCUT2D eigenvalue weighted by Crippen LogP contribution is -1.99. The first-order valence-electron chi connectivity index (χ1n) is 8.20. The lowest BCUT2D eigenvalue weighted by Gasteiger charge is -2.13. The van der Waals surface area contributed by atoms with Crippen molar-refractivity contribution in [1.29, 1.82) is 0 Å². The van der Waals surface area contributed by atoms with E-state index in [1.807, 2.05) is 55.5 Å². The van der Waals surface area contributed by atoms with Crippen molar-refractivity contribution < 1.29 is 9.47 Å². The molecule has 1 aromatic heterocycles. The van der Waals surface area contributed by atoms with E-state index < -0.39 is 0 Å². The van der Waals surface area contributed by atoms with Crippen LogP contribution in [0.3, 0.4) is 0 Å². The van der Waals surface area contributed by atoms with Crippen LogP contribution < -0.4 is 14.8 Å². The van der Waals surface area contributed by atoms with Crippen molar-refractivity contribution in [3.8, 4) is 11.5 Å². The summed E-state index contributed by atoms with van der Waals surface area (Å²) in [5.41, 5.74) is 2.58. The van der Waals surface area contributed by atoms with E-state index in [1.54, 1.807) is 19.5 Å². The highest BCUT2D eigenvalue weighted by atomic mass is 16.5. The quantitative estimate of drug-likeness (QED) is 0.635. The number of anilines is 2. The molecule has 0 aliphatic rings. The van der Waals surface area contributed by atoms with Gasteiger partial charge in [-0.25, -0.2) is 9.97 Å². The maximum atomic E-state index is 5.88. The average Bonchev–Trinajstić information content (AvgIpc) is 2.69. The molecule has 6 nitrogen and oxygen atoms in total. The van der Waals surface area contributed by atoms with Crippen molar-refractivity contribution in [3.63, 3.8) is 0 Å². The SMILES string of the molecule is CC=Nc1cncnc1Nc1ccc(OCc2ccccc2)c(OC)c1. The van der Waals surface area contributed by atoms with Crippen molar-refractivity contribution >= 4 is 23.4 Å². The van der Waals surface area contributed by atoms with Gasteiger partial charge in [0.05, 0.1) is 13.3 Å². The van der Waals surface area contributed by atoms with Gasteiger partial charge in [-0.3, -0.25) is 4.99 Å². The maximum absolute atomic E-state index is 5.88. The van der Waals surface area contributed by atoms with Gasteiger partial charge < -0.3 is 14.8 Å². The Morgan fingerprint density at radius 2 is 1.96 bits per heavy atom. The van der Waals surface area contributed by atoms with E-state index >= 15 is 0 Å². The lowest BCUT2D eigenvalue weighted by molar-refractivity contribution is 0.284. The van der Waals surface area contributed by atoms with Crippen LogP contribution in [0.25, 0.3) is 0 Å². The number of hydrogen-bond acceptors (Lipinski definition) is 6. The maximum Gasteiger partial charge on any atom is 0.162 e. The van der Waals surface area contributed by atoms with E-state index in [1.165, 1.54) is 6.33 Å². The number of rotatable bonds is 7. The highest BCUT2D eigenvalue weighted by molar-refractivity contribution is 5.72. The molecule has 0 atom stereocenters. The van der Waals surface area contributed by atoms with Crippen LogP contribution in [0.1, 0.15) is 12.5 Å². The fourth-order valence-electron chi connectivity index (χ4n) is 2.39. The summed E-state index contributed by atoms with van der Waals surface area (Å²) >= 11 is 0. The number of ether oxygens (including phenoxy) is 2. The number of methoxy groups -OCH3 is 1. The van der Waals surface area contributed by atoms with E-state index in [0.717, 1.165) is 11.3 Å². The topological polar surface area (TPSA) is 68.6 Å². The second-order valence-electron chi connectivity index (χ2n) is 5.41. The van der Waals surface area contributed by atoms with Crippen LogP contribution in [0, 0.1) is 0 Å². The molecule has 2 aromatic carbocycles. The number of benzene rings is 2. The Balaban J connectivity index is 1.76. The van der Waals surface area contributed by atoms with Crippen molar-refractivity contribution in [2.45, 2.75) is 13.5 Å². The number of nitrogens with one attached hydrogen (secondary N) is 1. The van der Waals surface area contributed by atoms with Gasteiger partial charge in [-0.15, -0.1) is 0 Å². The Morgan fingerprint density at radius 3 is 2.73 bits per heavy atom. The van der Waals surface area contributed by atoms with Crippen molar-refractivity contribution in [1.82, 2.24) is 9.97 Å². The second kappa shape index (κ2) is 8.62. The van der Waals surface area contributed by atoms with Crippen LogP contribution in [-0.2, 0) is 6.61 Å². The number of nitrogens with zero attached hydrogens (tertiary/aromatic N) is 3. The first-order chi connectivity index (χ1) is 12.8. The van der Waals surface area contributed by atoms with Crippen LogP contribution in [0.4, 0.5) is 17.2 Å². The molecular weight excluding hydrogens is 328 g/mol. The largest absolute Gasteiger partial charge is 0.493 e. The smallest absolute Gasteiger partial charge is 0.162 e. The Morgan fingerprint density at radius 1 is 1.12 bits per heavy atom. The predicted molar refractivity (Wildman–Crippen MR) is 103 cm³/mol. The molecule has 1 N–H and O–H groups in total. The fraction of sp³-hybridized carbons (Fsp3) is 0.150. The highest BCUT2D eigenvalue weighted by Gasteiger charge is 2.09. The van der Waals surface area contributed by atoms with E-state index in [9.17, 15) is 0 Å². The Bertz CT molecular complexity index is 882. The summed E-state index contributed by atoms with van der Waals surface area (Å²) < 4.78 is 11.3. The van der Waals surface area contributed by atoms with Crippen molar-refractivity contribution in [2.75, 3.05) is 12.4 Å². The lowest BCUT2D eigenvalue weighted by atomic mass is 10.2. The minimum absolute atomic E-state index is 0.477. The zero-order chi connectivity index (χ0) is 18.2. The van der Waals surface area contributed by atoms with E-state index in [-0.39, 0.29) is 0 Å². The molecule has 3 rings (SSSR count). The highest BCUT2D eigenvalue weighted by Crippen LogP contribution is 2.33. The molecule has 132 valence electrons. The molecule has 3 aromatic rings. The Hall–Kier alpha value is -3.41. The van der Waals surface area contributed by atoms with Crippen LogP contribution in [0.5, 0.6) is 11.5 Å². The molecule has 0 fully saturated rings. The molecule has 1 heterocycles. The van der Waals surface area contributed by atoms with E-state index in [2.05, 4.69) is 20.3 Å². The normalized spacial score (nSPS) is 10.7. The second-order valence-corrected chi connectivity index (χ2v) is 5.41. The van der Waals surface area contributed by atoms with Gasteiger partial charge in [0.25, 0.3) is 0 Å². The summed E-state index contributed by atoms with van der Waals surface area (Å²) in [6.45, 7) is 2.32. The monoisotopic (exact) mass is 348 g/mol. The van der Waals surface area contributed by atoms with Gasteiger partial charge in [-0.1, -0.05) is 30.3 Å². The molecule has 0 amide bonds. The molecule has 6 heteroatoms. The third kappa shape index (κ3) is 4.36. The summed E-state index contributed by atoms with van der Waals surface area (Å²) in [4.78, 5) is 12.5. The summed E-state index contributed by atoms with van der Waals surface area (Å²) in [6.07, 6.45) is 4.83. The minimum atomic E-state index is 0.477. The van der Waals surface area contributed by atoms with Gasteiger partial charge >= 0.3 is 0 Å². The first-order valence-corrected chi connectivity index (χ1v) is 8.20. The average molecular weight is 348 g/mol. The fourth-order valence-corrected chi connectivity index (χ4v) is 2.39. The van der Waals surface area contributed by atoms with Gasteiger partial charge in [-0.2, -0.15) is 0 Å². The van der Waals surface area contributed by atoms with Crippen LogP contribution in [0.2, 0.25) is 0 Å². The van der Waals surface area contributed by atoms with Gasteiger partial charge in [0.1, 0.15) is 18.6 Å². The molecule has 0 radical (unpaired) electrons. The van der Waals surface area contributed by atoms with Crippen LogP contribution >= 0.6 is 0 Å². The molecule has 0 saturated carbocycles. The third-order valence-corrected chi connectivity index (χ3v) is 3.62. The Labute approximate surface area is 152 Å².